The molecule has 0 aliphatic carbocycles. The van der Waals surface area contributed by atoms with Crippen molar-refractivity contribution < 1.29 is 37.4 Å². The van der Waals surface area contributed by atoms with Gasteiger partial charge in [-0.3, -0.25) is 24.0 Å². The van der Waals surface area contributed by atoms with Crippen molar-refractivity contribution in [2.24, 2.45) is 0 Å². The number of nitrogens with zero attached hydrogens (tertiary/aromatic N) is 2. The Morgan fingerprint density at radius 2 is 1.61 bits per heavy atom. The Labute approximate surface area is 220 Å². The zero-order valence-corrected chi connectivity index (χ0v) is 22.2. The number of ether oxygens (including phenoxy) is 1. The van der Waals surface area contributed by atoms with Gasteiger partial charge in [-0.05, 0) is 42.7 Å². The van der Waals surface area contributed by atoms with E-state index in [9.17, 15) is 23.7 Å². The largest absolute Gasteiger partial charge is 0.505 e. The SMILES string of the molecule is CCCCOP(=O)(COc1c2c(c(O)c3ncccc13)C(=O)N(Cc1ccc(F)cc1)C2=O)OCCCC. The van der Waals surface area contributed by atoms with Crippen molar-refractivity contribution in [2.75, 3.05) is 19.6 Å². The Hall–Kier alpha value is -3.33. The molecule has 0 radical (unpaired) electrons. The predicted molar refractivity (Wildman–Crippen MR) is 139 cm³/mol. The summed E-state index contributed by atoms with van der Waals surface area (Å²) < 4.78 is 44.0. The third kappa shape index (κ3) is 5.72. The predicted octanol–water partition coefficient (Wildman–Crippen LogP) is 6.04. The summed E-state index contributed by atoms with van der Waals surface area (Å²) in [6.45, 7) is 4.22. The molecule has 202 valence electrons. The summed E-state index contributed by atoms with van der Waals surface area (Å²) in [5, 5.41) is 11.2. The van der Waals surface area contributed by atoms with Crippen molar-refractivity contribution >= 4 is 30.3 Å². The van der Waals surface area contributed by atoms with Crippen LogP contribution in [0.1, 0.15) is 65.8 Å². The number of benzene rings is 2. The number of hydrogen-bond donors (Lipinski definition) is 1. The van der Waals surface area contributed by atoms with E-state index in [0.717, 1.165) is 17.7 Å². The van der Waals surface area contributed by atoms with Crippen molar-refractivity contribution in [2.45, 2.75) is 46.1 Å². The molecule has 0 saturated carbocycles. The molecule has 9 nitrogen and oxygen atoms in total. The lowest BCUT2D eigenvalue weighted by atomic mass is 10.0. The van der Waals surface area contributed by atoms with Gasteiger partial charge in [0, 0.05) is 11.6 Å². The number of imide groups is 1. The third-order valence-electron chi connectivity index (χ3n) is 6.10. The molecule has 0 spiro atoms. The van der Waals surface area contributed by atoms with Crippen LogP contribution in [0.15, 0.2) is 42.6 Å². The van der Waals surface area contributed by atoms with E-state index in [0.29, 0.717) is 18.4 Å². The molecule has 0 fully saturated rings. The molecule has 0 atom stereocenters. The molecular weight excluding hydrogens is 514 g/mol. The summed E-state index contributed by atoms with van der Waals surface area (Å²) in [6, 6.07) is 8.56. The summed E-state index contributed by atoms with van der Waals surface area (Å²) in [4.78, 5) is 32.0. The normalized spacial score (nSPS) is 13.4. The van der Waals surface area contributed by atoms with Crippen LogP contribution in [-0.4, -0.2) is 46.4 Å². The first kappa shape index (κ1) is 27.7. The fourth-order valence-electron chi connectivity index (χ4n) is 4.05. The molecule has 0 bridgehead atoms. The highest BCUT2D eigenvalue weighted by atomic mass is 31.2. The maximum absolute atomic E-state index is 13.5. The molecule has 2 aromatic carbocycles. The van der Waals surface area contributed by atoms with Crippen LogP contribution in [0.4, 0.5) is 4.39 Å². The number of pyridine rings is 1. The Morgan fingerprint density at radius 1 is 0.974 bits per heavy atom. The molecule has 1 aliphatic rings. The molecular formula is C27H30FN2O7P. The van der Waals surface area contributed by atoms with E-state index in [1.165, 1.54) is 30.5 Å². The summed E-state index contributed by atoms with van der Waals surface area (Å²) in [5.41, 5.74) is 0.152. The third-order valence-corrected chi connectivity index (χ3v) is 7.70. The average Bonchev–Trinajstić information content (AvgIpc) is 3.15. The second-order valence-electron chi connectivity index (χ2n) is 8.91. The molecule has 4 rings (SSSR count). The Balaban J connectivity index is 1.72. The van der Waals surface area contributed by atoms with Crippen molar-refractivity contribution in [3.63, 3.8) is 0 Å². The van der Waals surface area contributed by atoms with Gasteiger partial charge in [-0.1, -0.05) is 38.8 Å². The lowest BCUT2D eigenvalue weighted by molar-refractivity contribution is 0.0640. The number of halogens is 1. The van der Waals surface area contributed by atoms with E-state index in [-0.39, 0.29) is 47.5 Å². The van der Waals surface area contributed by atoms with Gasteiger partial charge in [0.05, 0.1) is 25.3 Å². The molecule has 1 N–H and O–H groups in total. The second-order valence-corrected chi connectivity index (χ2v) is 10.9. The van der Waals surface area contributed by atoms with Crippen LogP contribution in [-0.2, 0) is 20.2 Å². The summed E-state index contributed by atoms with van der Waals surface area (Å²) in [6.07, 6.45) is 3.95. The number of phenolic OH excluding ortho intramolecular Hbond substituents is 1. The lowest BCUT2D eigenvalue weighted by Crippen LogP contribution is -2.29. The molecule has 11 heteroatoms. The van der Waals surface area contributed by atoms with E-state index < -0.39 is 37.3 Å². The van der Waals surface area contributed by atoms with Crippen LogP contribution in [0.3, 0.4) is 0 Å². The van der Waals surface area contributed by atoms with E-state index in [2.05, 4.69) is 4.98 Å². The van der Waals surface area contributed by atoms with E-state index in [4.69, 9.17) is 13.8 Å². The maximum atomic E-state index is 13.5. The molecule has 1 aromatic heterocycles. The number of amides is 2. The van der Waals surface area contributed by atoms with Gasteiger partial charge in [-0.2, -0.15) is 0 Å². The smallest absolute Gasteiger partial charge is 0.367 e. The van der Waals surface area contributed by atoms with Gasteiger partial charge < -0.3 is 18.9 Å². The van der Waals surface area contributed by atoms with Crippen molar-refractivity contribution in [1.29, 1.82) is 0 Å². The molecule has 38 heavy (non-hydrogen) atoms. The number of hydrogen-bond acceptors (Lipinski definition) is 8. The van der Waals surface area contributed by atoms with E-state index >= 15 is 0 Å². The molecule has 0 unspecified atom stereocenters. The number of aromatic hydroxyl groups is 1. The summed E-state index contributed by atoms with van der Waals surface area (Å²) in [7, 11) is -3.72. The van der Waals surface area contributed by atoms with Gasteiger partial charge in [-0.25, -0.2) is 4.39 Å². The monoisotopic (exact) mass is 544 g/mol. The highest BCUT2D eigenvalue weighted by Crippen LogP contribution is 2.51. The van der Waals surface area contributed by atoms with Crippen LogP contribution in [0.5, 0.6) is 11.5 Å². The zero-order chi connectivity index (χ0) is 27.3. The van der Waals surface area contributed by atoms with Gasteiger partial charge >= 0.3 is 7.60 Å². The first-order chi connectivity index (χ1) is 18.3. The number of carbonyl (C=O) groups excluding carboxylic acids is 2. The standard InChI is InChI=1S/C27H30FN2O7P/c1-3-5-14-36-38(34,37-15-6-4-2)17-35-25-20-8-7-13-29-23(20)24(31)21-22(25)27(33)30(26(21)32)16-18-9-11-19(28)12-10-18/h7-13,31H,3-6,14-17H2,1-2H3. The van der Waals surface area contributed by atoms with Crippen LogP contribution >= 0.6 is 7.60 Å². The van der Waals surface area contributed by atoms with Crippen molar-refractivity contribution in [3.8, 4) is 11.5 Å². The number of carbonyl (C=O) groups is 2. The first-order valence-electron chi connectivity index (χ1n) is 12.5. The minimum Gasteiger partial charge on any atom is -0.505 e. The number of fused-ring (bicyclic) bond motifs is 2. The molecule has 3 aromatic rings. The Morgan fingerprint density at radius 3 is 2.24 bits per heavy atom. The van der Waals surface area contributed by atoms with E-state index in [1.807, 2.05) is 13.8 Å². The van der Waals surface area contributed by atoms with Gasteiger partial charge in [-0.15, -0.1) is 0 Å². The van der Waals surface area contributed by atoms with Crippen LogP contribution < -0.4 is 4.74 Å². The lowest BCUT2D eigenvalue weighted by Gasteiger charge is -2.20. The first-order valence-corrected chi connectivity index (χ1v) is 14.3. The van der Waals surface area contributed by atoms with Gasteiger partial charge in [0.15, 0.2) is 12.1 Å². The Kier molecular flexibility index (Phi) is 8.76. The molecule has 2 heterocycles. The number of unbranched alkanes of at least 4 members (excludes halogenated alkanes) is 2. The van der Waals surface area contributed by atoms with Gasteiger partial charge in [0.1, 0.15) is 22.6 Å². The highest BCUT2D eigenvalue weighted by molar-refractivity contribution is 7.53. The molecule has 0 saturated heterocycles. The van der Waals surface area contributed by atoms with Crippen LogP contribution in [0.25, 0.3) is 10.9 Å². The molecule has 2 amide bonds. The minimum atomic E-state index is -3.72. The minimum absolute atomic E-state index is 0.0423. The molecule has 1 aliphatic heterocycles. The van der Waals surface area contributed by atoms with Crippen LogP contribution in [0, 0.1) is 5.82 Å². The summed E-state index contributed by atoms with van der Waals surface area (Å²) >= 11 is 0. The second kappa shape index (κ2) is 12.0. The van der Waals surface area contributed by atoms with Crippen molar-refractivity contribution in [1.82, 2.24) is 9.88 Å². The number of phenols is 1. The van der Waals surface area contributed by atoms with Gasteiger partial charge in [0.25, 0.3) is 11.8 Å². The van der Waals surface area contributed by atoms with E-state index in [1.54, 1.807) is 12.1 Å². The fourth-order valence-corrected chi connectivity index (χ4v) is 5.38. The van der Waals surface area contributed by atoms with Crippen molar-refractivity contribution in [3.05, 3.63) is 65.1 Å². The zero-order valence-electron chi connectivity index (χ0n) is 21.3. The summed E-state index contributed by atoms with van der Waals surface area (Å²) in [5.74, 6) is -2.40. The topological polar surface area (TPSA) is 115 Å². The maximum Gasteiger partial charge on any atom is 0.367 e. The number of aromatic nitrogens is 1. The van der Waals surface area contributed by atoms with Gasteiger partial charge in [0.2, 0.25) is 0 Å². The quantitative estimate of drug-likeness (QED) is 0.157. The van der Waals surface area contributed by atoms with Crippen LogP contribution in [0.2, 0.25) is 0 Å². The Bertz CT molecular complexity index is 1370. The fraction of sp³-hybridized carbons (Fsp3) is 0.370. The highest BCUT2D eigenvalue weighted by Gasteiger charge is 2.43. The number of rotatable bonds is 13. The average molecular weight is 545 g/mol.